The molecule has 0 fully saturated rings. The molecule has 1 aromatic rings. The molecule has 0 saturated heterocycles. The Bertz CT molecular complexity index is 353. The molecular weight excluding hydrogens is 284 g/mol. The Morgan fingerprint density at radius 2 is 1.94 bits per heavy atom. The number of nitrogens with zero attached hydrogens (tertiary/aromatic N) is 1. The van der Waals surface area contributed by atoms with Crippen LogP contribution in [0.25, 0.3) is 0 Å². The van der Waals surface area contributed by atoms with Crippen LogP contribution in [0.1, 0.15) is 20.8 Å². The highest BCUT2D eigenvalue weighted by Gasteiger charge is 2.07. The van der Waals surface area contributed by atoms with E-state index >= 15 is 0 Å². The summed E-state index contributed by atoms with van der Waals surface area (Å²) in [5.41, 5.74) is 3.53. The molecule has 1 rings (SSSR count). The number of rotatable bonds is 4. The van der Waals surface area contributed by atoms with E-state index in [1.54, 1.807) is 6.92 Å². The molecule has 4 nitrogen and oxygen atoms in total. The van der Waals surface area contributed by atoms with Crippen LogP contribution in [0, 0.1) is 0 Å². The van der Waals surface area contributed by atoms with Gasteiger partial charge in [-0.05, 0) is 35.0 Å². The standard InChI is InChI=1S/C10H11BrN2O2.C2H6/c1-2-15-10(14)9(11)13-12-8-6-4-3-5-7-8;1-2/h3-7,12H,2H2,1H3;1-2H3/b13-9+;. The van der Waals surface area contributed by atoms with E-state index in [-0.39, 0.29) is 4.62 Å². The van der Waals surface area contributed by atoms with Gasteiger partial charge in [-0.1, -0.05) is 32.0 Å². The van der Waals surface area contributed by atoms with Gasteiger partial charge in [0.15, 0.2) is 0 Å². The van der Waals surface area contributed by atoms with E-state index in [1.165, 1.54) is 0 Å². The van der Waals surface area contributed by atoms with Crippen molar-refractivity contribution in [3.63, 3.8) is 0 Å². The Hall–Kier alpha value is -1.36. The molecule has 0 aliphatic heterocycles. The van der Waals surface area contributed by atoms with Crippen molar-refractivity contribution in [1.82, 2.24) is 0 Å². The molecule has 0 amide bonds. The number of ether oxygens (including phenoxy) is 1. The molecule has 0 aliphatic rings. The number of hydrogen-bond acceptors (Lipinski definition) is 4. The lowest BCUT2D eigenvalue weighted by molar-refractivity contribution is -0.134. The summed E-state index contributed by atoms with van der Waals surface area (Å²) in [6, 6.07) is 9.32. The molecule has 0 bridgehead atoms. The number of esters is 1. The zero-order valence-corrected chi connectivity index (χ0v) is 11.8. The number of carbonyl (C=O) groups is 1. The highest BCUT2D eigenvalue weighted by Crippen LogP contribution is 2.05. The van der Waals surface area contributed by atoms with Gasteiger partial charge in [-0.25, -0.2) is 4.79 Å². The first-order valence-corrected chi connectivity index (χ1v) is 6.24. The Balaban J connectivity index is 0.00000121. The van der Waals surface area contributed by atoms with Crippen LogP contribution in [-0.4, -0.2) is 17.2 Å². The SMILES string of the molecule is CC.CCOC(=O)/C(Br)=N\Nc1ccccc1. The summed E-state index contributed by atoms with van der Waals surface area (Å²) in [7, 11) is 0. The minimum absolute atomic E-state index is 0.119. The Kier molecular flexibility index (Phi) is 9.05. The molecule has 0 aromatic heterocycles. The van der Waals surface area contributed by atoms with Crippen molar-refractivity contribution in [2.75, 3.05) is 12.0 Å². The lowest BCUT2D eigenvalue weighted by atomic mass is 10.3. The molecule has 0 heterocycles. The second-order valence-corrected chi connectivity index (χ2v) is 3.35. The summed E-state index contributed by atoms with van der Waals surface area (Å²) in [5.74, 6) is -0.485. The van der Waals surface area contributed by atoms with Crippen molar-refractivity contribution < 1.29 is 9.53 Å². The third-order valence-corrected chi connectivity index (χ3v) is 2.00. The predicted octanol–water partition coefficient (Wildman–Crippen LogP) is 3.40. The first kappa shape index (κ1) is 15.6. The highest BCUT2D eigenvalue weighted by molar-refractivity contribution is 9.19. The van der Waals surface area contributed by atoms with Crippen LogP contribution in [0.3, 0.4) is 0 Å². The average molecular weight is 301 g/mol. The quantitative estimate of drug-likeness (QED) is 0.527. The fourth-order valence-corrected chi connectivity index (χ4v) is 1.07. The molecule has 0 unspecified atom stereocenters. The van der Waals surface area contributed by atoms with Gasteiger partial charge < -0.3 is 4.74 Å². The minimum atomic E-state index is -0.485. The first-order chi connectivity index (χ1) is 8.24. The van der Waals surface area contributed by atoms with Gasteiger partial charge in [0.1, 0.15) is 0 Å². The van der Waals surface area contributed by atoms with Crippen LogP contribution in [0.5, 0.6) is 0 Å². The molecule has 0 spiro atoms. The predicted molar refractivity (Wildman–Crippen MR) is 74.4 cm³/mol. The second-order valence-electron chi connectivity index (χ2n) is 2.60. The lowest BCUT2D eigenvalue weighted by Gasteiger charge is -2.01. The van der Waals surface area contributed by atoms with Gasteiger partial charge in [0.05, 0.1) is 12.3 Å². The number of halogens is 1. The van der Waals surface area contributed by atoms with Crippen LogP contribution in [0.4, 0.5) is 5.69 Å². The third-order valence-electron chi connectivity index (χ3n) is 1.50. The van der Waals surface area contributed by atoms with Crippen molar-refractivity contribution in [2.24, 2.45) is 5.10 Å². The van der Waals surface area contributed by atoms with Gasteiger partial charge in [0, 0.05) is 0 Å². The maximum atomic E-state index is 11.1. The molecule has 0 aliphatic carbocycles. The number of carbonyl (C=O) groups excluding carboxylic acids is 1. The molecule has 5 heteroatoms. The summed E-state index contributed by atoms with van der Waals surface area (Å²) >= 11 is 3.01. The first-order valence-electron chi connectivity index (χ1n) is 5.45. The lowest BCUT2D eigenvalue weighted by Crippen LogP contribution is -2.12. The maximum Gasteiger partial charge on any atom is 0.366 e. The summed E-state index contributed by atoms with van der Waals surface area (Å²) in [6.45, 7) is 6.07. The summed E-state index contributed by atoms with van der Waals surface area (Å²) in [5, 5.41) is 3.82. The van der Waals surface area contributed by atoms with Crippen molar-refractivity contribution in [3.8, 4) is 0 Å². The van der Waals surface area contributed by atoms with Gasteiger partial charge in [0.2, 0.25) is 4.62 Å². The van der Waals surface area contributed by atoms with Gasteiger partial charge in [0.25, 0.3) is 0 Å². The molecular formula is C12H17BrN2O2. The topological polar surface area (TPSA) is 50.7 Å². The average Bonchev–Trinajstić information content (AvgIpc) is 2.40. The van der Waals surface area contributed by atoms with E-state index in [0.29, 0.717) is 6.61 Å². The Morgan fingerprint density at radius 3 is 2.47 bits per heavy atom. The summed E-state index contributed by atoms with van der Waals surface area (Å²) in [6.07, 6.45) is 0. The number of hydrogen-bond donors (Lipinski definition) is 1. The molecule has 0 radical (unpaired) electrons. The van der Waals surface area contributed by atoms with Gasteiger partial charge in [-0.2, -0.15) is 5.10 Å². The largest absolute Gasteiger partial charge is 0.461 e. The normalized spacial score (nSPS) is 10.0. The van der Waals surface area contributed by atoms with Crippen LogP contribution in [-0.2, 0) is 9.53 Å². The van der Waals surface area contributed by atoms with E-state index in [4.69, 9.17) is 4.74 Å². The van der Waals surface area contributed by atoms with Crippen LogP contribution in [0.15, 0.2) is 35.4 Å². The molecule has 1 N–H and O–H groups in total. The molecule has 0 atom stereocenters. The van der Waals surface area contributed by atoms with E-state index in [1.807, 2.05) is 44.2 Å². The summed E-state index contributed by atoms with van der Waals surface area (Å²) in [4.78, 5) is 11.1. The number of nitrogens with one attached hydrogen (secondary N) is 1. The number of para-hydroxylation sites is 1. The van der Waals surface area contributed by atoms with E-state index in [9.17, 15) is 4.79 Å². The number of anilines is 1. The van der Waals surface area contributed by atoms with Gasteiger partial charge >= 0.3 is 5.97 Å². The number of benzene rings is 1. The fourth-order valence-electron chi connectivity index (χ4n) is 0.863. The maximum absolute atomic E-state index is 11.1. The van der Waals surface area contributed by atoms with Crippen LogP contribution >= 0.6 is 15.9 Å². The highest BCUT2D eigenvalue weighted by atomic mass is 79.9. The minimum Gasteiger partial charge on any atom is -0.461 e. The molecule has 1 aromatic carbocycles. The van der Waals surface area contributed by atoms with Crippen molar-refractivity contribution in [2.45, 2.75) is 20.8 Å². The van der Waals surface area contributed by atoms with Crippen LogP contribution < -0.4 is 5.43 Å². The Morgan fingerprint density at radius 1 is 1.35 bits per heavy atom. The van der Waals surface area contributed by atoms with Crippen molar-refractivity contribution in [3.05, 3.63) is 30.3 Å². The second kappa shape index (κ2) is 9.84. The van der Waals surface area contributed by atoms with Crippen LogP contribution in [0.2, 0.25) is 0 Å². The van der Waals surface area contributed by atoms with Gasteiger partial charge in [-0.3, -0.25) is 5.43 Å². The third kappa shape index (κ3) is 6.73. The zero-order valence-electron chi connectivity index (χ0n) is 10.2. The van der Waals surface area contributed by atoms with Crippen molar-refractivity contribution in [1.29, 1.82) is 0 Å². The molecule has 94 valence electrons. The molecule has 0 saturated carbocycles. The monoisotopic (exact) mass is 300 g/mol. The molecule has 17 heavy (non-hydrogen) atoms. The van der Waals surface area contributed by atoms with Gasteiger partial charge in [-0.15, -0.1) is 0 Å². The fraction of sp³-hybridized carbons (Fsp3) is 0.333. The Labute approximate surface area is 110 Å². The van der Waals surface area contributed by atoms with E-state index in [2.05, 4.69) is 26.5 Å². The van der Waals surface area contributed by atoms with Crippen molar-refractivity contribution >= 4 is 32.2 Å². The number of hydrazone groups is 1. The van der Waals surface area contributed by atoms with E-state index < -0.39 is 5.97 Å². The zero-order chi connectivity index (χ0) is 13.1. The smallest absolute Gasteiger partial charge is 0.366 e. The van der Waals surface area contributed by atoms with E-state index in [0.717, 1.165) is 5.69 Å². The summed E-state index contributed by atoms with van der Waals surface area (Å²) < 4.78 is 4.85.